The average Bonchev–Trinajstić information content (AvgIpc) is 3.41. The second-order valence-corrected chi connectivity index (χ2v) is 7.45. The van der Waals surface area contributed by atoms with Gasteiger partial charge in [0.25, 0.3) is 0 Å². The van der Waals surface area contributed by atoms with E-state index in [0.717, 1.165) is 27.6 Å². The van der Waals surface area contributed by atoms with Gasteiger partial charge < -0.3 is 29.6 Å². The number of aliphatic carboxylic acids is 1. The van der Waals surface area contributed by atoms with Gasteiger partial charge in [-0.05, 0) is 35.4 Å². The summed E-state index contributed by atoms with van der Waals surface area (Å²) in [4.78, 5) is 28.1. The molecule has 3 aliphatic rings. The zero-order valence-corrected chi connectivity index (χ0v) is 15.1. The van der Waals surface area contributed by atoms with Gasteiger partial charge in [-0.25, -0.2) is 4.79 Å². The summed E-state index contributed by atoms with van der Waals surface area (Å²) >= 11 is 0. The van der Waals surface area contributed by atoms with Gasteiger partial charge in [-0.1, -0.05) is 6.07 Å². The summed E-state index contributed by atoms with van der Waals surface area (Å²) in [5.41, 5.74) is 3.27. The quantitative estimate of drug-likeness (QED) is 0.617. The van der Waals surface area contributed by atoms with Crippen LogP contribution in [0, 0.1) is 0 Å². The lowest BCUT2D eigenvalue weighted by Gasteiger charge is -2.24. The Morgan fingerprint density at radius 2 is 1.93 bits per heavy atom. The number of aromatic nitrogens is 1. The lowest BCUT2D eigenvalue weighted by atomic mass is 9.85. The number of H-pyrrole nitrogens is 1. The molecule has 6 rings (SSSR count). The van der Waals surface area contributed by atoms with Crippen molar-refractivity contribution in [3.05, 3.63) is 53.2 Å². The number of carboxylic acids is 1. The lowest BCUT2D eigenvalue weighted by Crippen LogP contribution is -2.45. The summed E-state index contributed by atoms with van der Waals surface area (Å²) in [7, 11) is 0. The molecule has 0 radical (unpaired) electrons. The maximum absolute atomic E-state index is 13.2. The molecule has 3 aromatic rings. The maximum atomic E-state index is 13.2. The van der Waals surface area contributed by atoms with Crippen LogP contribution in [0.4, 0.5) is 0 Å². The largest absolute Gasteiger partial charge is 0.484 e. The number of carbonyl (C=O) groups excluding carboxylic acids is 1. The highest BCUT2D eigenvalue weighted by molar-refractivity contribution is 5.99. The summed E-state index contributed by atoms with van der Waals surface area (Å²) in [6.07, 6.45) is 1.42. The Labute approximate surface area is 164 Å². The van der Waals surface area contributed by atoms with Crippen molar-refractivity contribution in [3.8, 4) is 17.2 Å². The lowest BCUT2D eigenvalue weighted by molar-refractivity contribution is -0.142. The average molecular weight is 392 g/mol. The third kappa shape index (κ3) is 2.25. The molecule has 4 heterocycles. The van der Waals surface area contributed by atoms with Crippen LogP contribution in [0.5, 0.6) is 17.2 Å². The number of rotatable bonds is 2. The van der Waals surface area contributed by atoms with Gasteiger partial charge in [-0.15, -0.1) is 0 Å². The predicted molar refractivity (Wildman–Crippen MR) is 100 cm³/mol. The van der Waals surface area contributed by atoms with Crippen molar-refractivity contribution in [2.75, 3.05) is 6.79 Å². The first kappa shape index (κ1) is 16.3. The summed E-state index contributed by atoms with van der Waals surface area (Å²) in [6.45, 7) is 0.155. The van der Waals surface area contributed by atoms with Gasteiger partial charge in [0.15, 0.2) is 11.5 Å². The van der Waals surface area contributed by atoms with E-state index in [1.54, 1.807) is 6.07 Å². The molecular weight excluding hydrogens is 376 g/mol. The zero-order chi connectivity index (χ0) is 19.7. The van der Waals surface area contributed by atoms with E-state index in [0.29, 0.717) is 17.2 Å². The van der Waals surface area contributed by atoms with Crippen molar-refractivity contribution in [1.82, 2.24) is 10.3 Å². The minimum absolute atomic E-state index is 0.155. The highest BCUT2D eigenvalue weighted by atomic mass is 16.7. The molecule has 29 heavy (non-hydrogen) atoms. The highest BCUT2D eigenvalue weighted by Gasteiger charge is 2.45. The van der Waals surface area contributed by atoms with Crippen molar-refractivity contribution in [2.24, 2.45) is 0 Å². The number of carboxylic acid groups (broad SMARTS) is 1. The smallest absolute Gasteiger partial charge is 0.326 e. The zero-order valence-electron chi connectivity index (χ0n) is 15.1. The first-order chi connectivity index (χ1) is 14.1. The molecule has 3 N–H and O–H groups in total. The van der Waals surface area contributed by atoms with Gasteiger partial charge in [0.2, 0.25) is 12.7 Å². The Kier molecular flexibility index (Phi) is 3.18. The molecule has 2 aromatic carbocycles. The van der Waals surface area contributed by atoms with Crippen LogP contribution in [-0.4, -0.2) is 34.8 Å². The van der Waals surface area contributed by atoms with E-state index in [1.807, 2.05) is 30.5 Å². The van der Waals surface area contributed by atoms with Crippen molar-refractivity contribution >= 4 is 22.8 Å². The fraction of sp³-hybridized carbons (Fsp3) is 0.238. The van der Waals surface area contributed by atoms with Gasteiger partial charge in [-0.2, -0.15) is 0 Å². The van der Waals surface area contributed by atoms with Crippen molar-refractivity contribution in [3.63, 3.8) is 0 Å². The van der Waals surface area contributed by atoms with Gasteiger partial charge in [-0.3, -0.25) is 4.79 Å². The SMILES string of the molecule is O=C(O)C1Cc2c[nH]c3ccc4c(c23)[C@@H](C(=O)N1)[C@H](c1ccc2c(c1)OCO2)O4. The minimum Gasteiger partial charge on any atom is -0.484 e. The highest BCUT2D eigenvalue weighted by Crippen LogP contribution is 2.51. The number of amides is 1. The van der Waals surface area contributed by atoms with Gasteiger partial charge in [0.05, 0.1) is 0 Å². The minimum atomic E-state index is -1.06. The molecule has 3 atom stereocenters. The number of hydrogen-bond acceptors (Lipinski definition) is 5. The molecule has 1 amide bonds. The maximum Gasteiger partial charge on any atom is 0.326 e. The topological polar surface area (TPSA) is 110 Å². The molecule has 0 saturated heterocycles. The van der Waals surface area contributed by atoms with Gasteiger partial charge in [0.1, 0.15) is 23.8 Å². The third-order valence-electron chi connectivity index (χ3n) is 5.84. The number of nitrogens with one attached hydrogen (secondary N) is 2. The number of fused-ring (bicyclic) bond motifs is 1. The Morgan fingerprint density at radius 1 is 1.10 bits per heavy atom. The molecule has 8 heteroatoms. The first-order valence-electron chi connectivity index (χ1n) is 9.32. The predicted octanol–water partition coefficient (Wildman–Crippen LogP) is 2.24. The van der Waals surface area contributed by atoms with E-state index >= 15 is 0 Å². The molecule has 0 saturated carbocycles. The van der Waals surface area contributed by atoms with Crippen molar-refractivity contribution < 1.29 is 28.9 Å². The second kappa shape index (κ2) is 5.66. The number of carbonyl (C=O) groups is 2. The number of benzene rings is 2. The van der Waals surface area contributed by atoms with Crippen molar-refractivity contribution in [2.45, 2.75) is 24.5 Å². The van der Waals surface area contributed by atoms with Crippen LogP contribution in [0.1, 0.15) is 28.7 Å². The van der Waals surface area contributed by atoms with E-state index in [-0.39, 0.29) is 19.1 Å². The number of aromatic amines is 1. The molecule has 0 spiro atoms. The van der Waals surface area contributed by atoms with E-state index in [2.05, 4.69) is 10.3 Å². The van der Waals surface area contributed by atoms with Crippen LogP contribution in [0.2, 0.25) is 0 Å². The van der Waals surface area contributed by atoms with Gasteiger partial charge in [0, 0.05) is 29.1 Å². The van der Waals surface area contributed by atoms with Crippen molar-refractivity contribution in [1.29, 1.82) is 0 Å². The van der Waals surface area contributed by atoms with Crippen LogP contribution in [0.25, 0.3) is 10.9 Å². The van der Waals surface area contributed by atoms with E-state index in [1.165, 1.54) is 0 Å². The molecule has 0 fully saturated rings. The van der Waals surface area contributed by atoms with Crippen LogP contribution < -0.4 is 19.5 Å². The monoisotopic (exact) mass is 392 g/mol. The van der Waals surface area contributed by atoms with Crippen LogP contribution in [0.3, 0.4) is 0 Å². The molecule has 0 bridgehead atoms. The molecule has 3 aliphatic heterocycles. The summed E-state index contributed by atoms with van der Waals surface area (Å²) in [5.74, 6) is -0.221. The Balaban J connectivity index is 1.54. The van der Waals surface area contributed by atoms with E-state index in [9.17, 15) is 14.7 Å². The fourth-order valence-corrected chi connectivity index (χ4v) is 4.53. The molecule has 1 aromatic heterocycles. The first-order valence-corrected chi connectivity index (χ1v) is 9.32. The van der Waals surface area contributed by atoms with E-state index in [4.69, 9.17) is 14.2 Å². The summed E-state index contributed by atoms with van der Waals surface area (Å²) in [6, 6.07) is 8.20. The normalized spacial score (nSPS) is 24.0. The summed E-state index contributed by atoms with van der Waals surface area (Å²) in [5, 5.41) is 13.1. The van der Waals surface area contributed by atoms with E-state index < -0.39 is 24.0 Å². The van der Waals surface area contributed by atoms with Crippen LogP contribution >= 0.6 is 0 Å². The second-order valence-electron chi connectivity index (χ2n) is 7.45. The molecule has 146 valence electrons. The Morgan fingerprint density at radius 3 is 2.79 bits per heavy atom. The Hall–Kier alpha value is -3.68. The fourth-order valence-electron chi connectivity index (χ4n) is 4.53. The van der Waals surface area contributed by atoms with Crippen LogP contribution in [-0.2, 0) is 16.0 Å². The van der Waals surface area contributed by atoms with Gasteiger partial charge >= 0.3 is 5.97 Å². The molecule has 8 nitrogen and oxygen atoms in total. The molecule has 1 unspecified atom stereocenters. The number of ether oxygens (including phenoxy) is 3. The molecular formula is C21H16N2O6. The third-order valence-corrected chi connectivity index (χ3v) is 5.84. The standard InChI is InChI=1S/C21H16N2O6/c24-20-18-17-14(29-19(18)9-1-3-13-15(6-9)28-8-27-13)4-2-11-16(17)10(7-22-11)5-12(23-20)21(25)26/h1-4,6-7,12,18-19,22H,5,8H2,(H,23,24)(H,25,26)/t12?,18-,19+/m1/s1. The molecule has 0 aliphatic carbocycles. The Bertz CT molecular complexity index is 1200. The summed E-state index contributed by atoms with van der Waals surface area (Å²) < 4.78 is 17.1. The number of hydrogen-bond donors (Lipinski definition) is 3. The van der Waals surface area contributed by atoms with Crippen LogP contribution in [0.15, 0.2) is 36.5 Å².